The maximum absolute atomic E-state index is 2.41. The number of hydrogen-bond donors (Lipinski definition) is 0. The van der Waals surface area contributed by atoms with E-state index in [1.54, 1.807) is 11.1 Å². The van der Waals surface area contributed by atoms with Gasteiger partial charge in [0.15, 0.2) is 0 Å². The van der Waals surface area contributed by atoms with E-state index in [2.05, 4.69) is 32.1 Å². The summed E-state index contributed by atoms with van der Waals surface area (Å²) >= 11 is 0. The van der Waals surface area contributed by atoms with E-state index in [0.717, 1.165) is 5.92 Å². The molecule has 2 aliphatic rings. The summed E-state index contributed by atoms with van der Waals surface area (Å²) in [4.78, 5) is 0. The van der Waals surface area contributed by atoms with Crippen LogP contribution in [0.4, 0.5) is 0 Å². The molecule has 12 heavy (non-hydrogen) atoms. The largest absolute Gasteiger partial charge is 0.0804 e. The molecule has 0 spiro atoms. The zero-order valence-corrected chi connectivity index (χ0v) is 7.93. The molecule has 0 aromatic rings. The Hall–Kier alpha value is -0.780. The minimum absolute atomic E-state index is 0.756. The van der Waals surface area contributed by atoms with Gasteiger partial charge in [-0.15, -0.1) is 0 Å². The molecule has 1 atom stereocenters. The second kappa shape index (κ2) is 2.93. The third-order valence-corrected chi connectivity index (χ3v) is 2.98. The number of allylic oxidation sites excluding steroid dienone is 6. The third kappa shape index (κ3) is 1.26. The van der Waals surface area contributed by atoms with Crippen LogP contribution < -0.4 is 0 Å². The highest BCUT2D eigenvalue weighted by atomic mass is 14.2. The minimum Gasteiger partial charge on any atom is -0.0804 e. The summed E-state index contributed by atoms with van der Waals surface area (Å²) in [5, 5.41) is 0. The molecule has 0 aromatic carbocycles. The van der Waals surface area contributed by atoms with Crippen LogP contribution in [0.5, 0.6) is 0 Å². The minimum atomic E-state index is 0.756. The Labute approximate surface area is 74.7 Å². The molecule has 2 rings (SSSR count). The van der Waals surface area contributed by atoms with Gasteiger partial charge in [0.2, 0.25) is 0 Å². The van der Waals surface area contributed by atoms with Crippen LogP contribution in [0.1, 0.15) is 33.1 Å². The highest BCUT2D eigenvalue weighted by molar-refractivity contribution is 5.46. The highest BCUT2D eigenvalue weighted by Crippen LogP contribution is 2.34. The first kappa shape index (κ1) is 7.85. The molecule has 0 N–H and O–H groups in total. The quantitative estimate of drug-likeness (QED) is 0.507. The van der Waals surface area contributed by atoms with Crippen LogP contribution >= 0.6 is 0 Å². The van der Waals surface area contributed by atoms with Crippen molar-refractivity contribution in [3.8, 4) is 0 Å². The first-order valence-electron chi connectivity index (χ1n) is 4.85. The number of hydrogen-bond acceptors (Lipinski definition) is 0. The van der Waals surface area contributed by atoms with Gasteiger partial charge in [-0.25, -0.2) is 0 Å². The lowest BCUT2D eigenvalue weighted by Gasteiger charge is -2.24. The SMILES string of the molecule is CC1=CC2=CCCC=C2CC1C. The molecule has 0 heterocycles. The molecular weight excluding hydrogens is 144 g/mol. The summed E-state index contributed by atoms with van der Waals surface area (Å²) in [6.07, 6.45) is 10.9. The Morgan fingerprint density at radius 3 is 2.83 bits per heavy atom. The van der Waals surface area contributed by atoms with Crippen molar-refractivity contribution < 1.29 is 0 Å². The van der Waals surface area contributed by atoms with E-state index in [1.807, 2.05) is 0 Å². The molecule has 2 aliphatic carbocycles. The Morgan fingerprint density at radius 2 is 2.00 bits per heavy atom. The van der Waals surface area contributed by atoms with Gasteiger partial charge in [0.25, 0.3) is 0 Å². The zero-order chi connectivity index (χ0) is 8.55. The normalized spacial score (nSPS) is 28.5. The maximum atomic E-state index is 2.41. The van der Waals surface area contributed by atoms with Crippen molar-refractivity contribution in [2.75, 3.05) is 0 Å². The molecule has 0 amide bonds. The lowest BCUT2D eigenvalue weighted by molar-refractivity contribution is 0.655. The molecule has 0 radical (unpaired) electrons. The molecular formula is C12H16. The lowest BCUT2D eigenvalue weighted by atomic mass is 9.81. The molecule has 0 fully saturated rings. The van der Waals surface area contributed by atoms with Gasteiger partial charge in [-0.05, 0) is 43.3 Å². The van der Waals surface area contributed by atoms with E-state index in [0.29, 0.717) is 0 Å². The smallest absolute Gasteiger partial charge is 0.0191 e. The maximum Gasteiger partial charge on any atom is -0.0191 e. The summed E-state index contributed by atoms with van der Waals surface area (Å²) in [5.41, 5.74) is 4.62. The fourth-order valence-corrected chi connectivity index (χ4v) is 1.98. The van der Waals surface area contributed by atoms with Crippen LogP contribution in [0.25, 0.3) is 0 Å². The molecule has 64 valence electrons. The molecule has 1 unspecified atom stereocenters. The zero-order valence-electron chi connectivity index (χ0n) is 7.93. The van der Waals surface area contributed by atoms with E-state index in [-0.39, 0.29) is 0 Å². The molecule has 0 aliphatic heterocycles. The fourth-order valence-electron chi connectivity index (χ4n) is 1.98. The summed E-state index contributed by atoms with van der Waals surface area (Å²) in [7, 11) is 0. The van der Waals surface area contributed by atoms with Gasteiger partial charge in [-0.1, -0.05) is 30.7 Å². The van der Waals surface area contributed by atoms with Crippen LogP contribution in [0, 0.1) is 5.92 Å². The molecule has 0 saturated carbocycles. The van der Waals surface area contributed by atoms with E-state index < -0.39 is 0 Å². The molecule has 0 saturated heterocycles. The average molecular weight is 160 g/mol. The summed E-state index contributed by atoms with van der Waals surface area (Å²) in [6.45, 7) is 4.56. The fraction of sp³-hybridized carbons (Fsp3) is 0.500. The van der Waals surface area contributed by atoms with Crippen LogP contribution in [0.3, 0.4) is 0 Å². The van der Waals surface area contributed by atoms with E-state index in [1.165, 1.54) is 24.8 Å². The standard InChI is InChI=1S/C12H16/c1-9-7-11-5-3-4-6-12(11)8-10(9)2/h5-7,10H,3-4,8H2,1-2H3. The van der Waals surface area contributed by atoms with Crippen molar-refractivity contribution in [2.45, 2.75) is 33.1 Å². The molecule has 0 nitrogen and oxygen atoms in total. The van der Waals surface area contributed by atoms with Gasteiger partial charge < -0.3 is 0 Å². The lowest BCUT2D eigenvalue weighted by Crippen LogP contribution is -2.08. The topological polar surface area (TPSA) is 0 Å². The van der Waals surface area contributed by atoms with E-state index >= 15 is 0 Å². The summed E-state index contributed by atoms with van der Waals surface area (Å²) in [5.74, 6) is 0.756. The van der Waals surface area contributed by atoms with Crippen molar-refractivity contribution in [3.63, 3.8) is 0 Å². The Kier molecular flexibility index (Phi) is 1.92. The van der Waals surface area contributed by atoms with Crippen molar-refractivity contribution in [1.29, 1.82) is 0 Å². The van der Waals surface area contributed by atoms with Crippen molar-refractivity contribution in [3.05, 3.63) is 34.9 Å². The van der Waals surface area contributed by atoms with Gasteiger partial charge in [0.1, 0.15) is 0 Å². The second-order valence-electron chi connectivity index (χ2n) is 3.96. The van der Waals surface area contributed by atoms with Gasteiger partial charge in [0, 0.05) is 0 Å². The molecule has 0 bridgehead atoms. The third-order valence-electron chi connectivity index (χ3n) is 2.98. The Balaban J connectivity index is 2.35. The summed E-state index contributed by atoms with van der Waals surface area (Å²) < 4.78 is 0. The van der Waals surface area contributed by atoms with Crippen LogP contribution in [-0.4, -0.2) is 0 Å². The van der Waals surface area contributed by atoms with E-state index in [4.69, 9.17) is 0 Å². The van der Waals surface area contributed by atoms with E-state index in [9.17, 15) is 0 Å². The number of rotatable bonds is 0. The van der Waals surface area contributed by atoms with Crippen molar-refractivity contribution in [2.24, 2.45) is 5.92 Å². The first-order valence-corrected chi connectivity index (χ1v) is 4.85. The average Bonchev–Trinajstić information content (AvgIpc) is 2.07. The monoisotopic (exact) mass is 160 g/mol. The van der Waals surface area contributed by atoms with Crippen LogP contribution in [-0.2, 0) is 0 Å². The predicted octanol–water partition coefficient (Wildman–Crippen LogP) is 3.62. The predicted molar refractivity (Wildman–Crippen MR) is 52.9 cm³/mol. The highest BCUT2D eigenvalue weighted by Gasteiger charge is 2.17. The Bertz CT molecular complexity index is 276. The van der Waals surface area contributed by atoms with Gasteiger partial charge in [0.05, 0.1) is 0 Å². The van der Waals surface area contributed by atoms with Gasteiger partial charge >= 0.3 is 0 Å². The molecule has 0 heteroatoms. The van der Waals surface area contributed by atoms with Crippen molar-refractivity contribution in [1.82, 2.24) is 0 Å². The van der Waals surface area contributed by atoms with Gasteiger partial charge in [-0.3, -0.25) is 0 Å². The summed E-state index contributed by atoms with van der Waals surface area (Å²) in [6, 6.07) is 0. The second-order valence-corrected chi connectivity index (χ2v) is 3.96. The van der Waals surface area contributed by atoms with Crippen LogP contribution in [0.2, 0.25) is 0 Å². The number of fused-ring (bicyclic) bond motifs is 1. The molecule has 0 aromatic heterocycles. The van der Waals surface area contributed by atoms with Crippen molar-refractivity contribution >= 4 is 0 Å². The Morgan fingerprint density at radius 1 is 1.25 bits per heavy atom. The van der Waals surface area contributed by atoms with Gasteiger partial charge in [-0.2, -0.15) is 0 Å². The first-order chi connectivity index (χ1) is 5.77. The van der Waals surface area contributed by atoms with Crippen LogP contribution in [0.15, 0.2) is 34.9 Å².